The van der Waals surface area contributed by atoms with Gasteiger partial charge in [-0.2, -0.15) is 0 Å². The van der Waals surface area contributed by atoms with Crippen molar-refractivity contribution in [3.05, 3.63) is 6.92 Å². The molecule has 0 heteroatoms. The first-order valence-corrected chi connectivity index (χ1v) is 21.6. The van der Waals surface area contributed by atoms with Gasteiger partial charge in [0.05, 0.1) is 0 Å². The van der Waals surface area contributed by atoms with Gasteiger partial charge in [0, 0.05) is 0 Å². The molecule has 0 N–H and O–H groups in total. The monoisotopic (exact) mass is 618 g/mol. The predicted molar refractivity (Wildman–Crippen MR) is 205 cm³/mol. The largest absolute Gasteiger partial charge is 0.0654 e. The molecule has 0 fully saturated rings. The maximum Gasteiger partial charge on any atom is -0.0414 e. The molecule has 0 amide bonds. The van der Waals surface area contributed by atoms with Crippen molar-refractivity contribution in [1.29, 1.82) is 0 Å². The molecule has 1 radical (unpaired) electrons. The number of hydrogen-bond acceptors (Lipinski definition) is 0. The third kappa shape index (κ3) is 38.2. The van der Waals surface area contributed by atoms with Gasteiger partial charge in [0.2, 0.25) is 0 Å². The Hall–Kier alpha value is 0. The summed E-state index contributed by atoms with van der Waals surface area (Å²) in [6, 6.07) is 0. The Labute approximate surface area is 282 Å². The minimum atomic E-state index is 1.02. The maximum atomic E-state index is 4.05. The topological polar surface area (TPSA) is 0 Å². The fourth-order valence-corrected chi connectivity index (χ4v) is 7.36. The molecule has 0 aromatic rings. The van der Waals surface area contributed by atoms with Crippen LogP contribution in [0.2, 0.25) is 0 Å². The molecular weight excluding hydrogens is 528 g/mol. The fourth-order valence-electron chi connectivity index (χ4n) is 7.36. The summed E-state index contributed by atoms with van der Waals surface area (Å²) in [7, 11) is 0. The highest BCUT2D eigenvalue weighted by molar-refractivity contribution is 4.62. The molecule has 0 heterocycles. The van der Waals surface area contributed by atoms with Crippen molar-refractivity contribution in [3.8, 4) is 0 Å². The first kappa shape index (κ1) is 44.0. The second-order valence-corrected chi connectivity index (χ2v) is 15.1. The van der Waals surface area contributed by atoms with Crippen LogP contribution in [0.3, 0.4) is 0 Å². The molecule has 1 atom stereocenters. The van der Waals surface area contributed by atoms with E-state index >= 15 is 0 Å². The summed E-state index contributed by atoms with van der Waals surface area (Å²) in [4.78, 5) is 0. The van der Waals surface area contributed by atoms with Crippen molar-refractivity contribution in [3.63, 3.8) is 0 Å². The zero-order valence-electron chi connectivity index (χ0n) is 31.6. The number of rotatable bonds is 40. The molecule has 0 aliphatic carbocycles. The molecule has 0 aromatic carbocycles. The van der Waals surface area contributed by atoms with Crippen LogP contribution in [0.5, 0.6) is 0 Å². The highest BCUT2D eigenvalue weighted by Crippen LogP contribution is 2.25. The van der Waals surface area contributed by atoms with Crippen molar-refractivity contribution in [2.24, 2.45) is 5.92 Å². The molecule has 0 saturated carbocycles. The van der Waals surface area contributed by atoms with Gasteiger partial charge in [-0.25, -0.2) is 0 Å². The summed E-state index contributed by atoms with van der Waals surface area (Å²) >= 11 is 0. The molecular formula is C44H89. The van der Waals surface area contributed by atoms with Crippen molar-refractivity contribution in [1.82, 2.24) is 0 Å². The van der Waals surface area contributed by atoms with E-state index in [0.29, 0.717) is 0 Å². The van der Waals surface area contributed by atoms with E-state index in [-0.39, 0.29) is 0 Å². The van der Waals surface area contributed by atoms with Gasteiger partial charge >= 0.3 is 0 Å². The lowest BCUT2D eigenvalue weighted by Gasteiger charge is -2.17. The van der Waals surface area contributed by atoms with Gasteiger partial charge in [0.25, 0.3) is 0 Å². The lowest BCUT2D eigenvalue weighted by atomic mass is 9.89. The molecule has 0 saturated heterocycles. The van der Waals surface area contributed by atoms with Crippen LogP contribution in [-0.4, -0.2) is 0 Å². The van der Waals surface area contributed by atoms with Crippen molar-refractivity contribution in [2.45, 2.75) is 271 Å². The maximum absolute atomic E-state index is 4.05. The van der Waals surface area contributed by atoms with Crippen LogP contribution in [0.1, 0.15) is 271 Å². The van der Waals surface area contributed by atoms with Crippen LogP contribution in [0.4, 0.5) is 0 Å². The predicted octanol–water partition coefficient (Wildman–Crippen LogP) is 17.1. The van der Waals surface area contributed by atoms with Gasteiger partial charge < -0.3 is 0 Å². The van der Waals surface area contributed by atoms with Crippen LogP contribution in [0.15, 0.2) is 0 Å². The first-order chi connectivity index (χ1) is 21.8. The standard InChI is InChI=1S/C44H89/c1-4-7-10-13-15-17-19-21-23-24-25-26-27-29-31-33-35-37-40-43-44(41-38-12-9-6-3)42-39-36-34-32-30-28-22-20-18-16-14-11-8-5-2/h44H,3-43H2,1-2H3. The Morgan fingerprint density at radius 2 is 0.432 bits per heavy atom. The van der Waals surface area contributed by atoms with E-state index < -0.39 is 0 Å². The van der Waals surface area contributed by atoms with E-state index in [0.717, 1.165) is 12.3 Å². The Balaban J connectivity index is 3.57. The van der Waals surface area contributed by atoms with Crippen molar-refractivity contribution >= 4 is 0 Å². The molecule has 0 nitrogen and oxygen atoms in total. The lowest BCUT2D eigenvalue weighted by molar-refractivity contribution is 0.366. The Morgan fingerprint density at radius 3 is 0.636 bits per heavy atom. The highest BCUT2D eigenvalue weighted by Gasteiger charge is 2.09. The van der Waals surface area contributed by atoms with Crippen LogP contribution in [-0.2, 0) is 0 Å². The smallest absolute Gasteiger partial charge is 0.0414 e. The minimum Gasteiger partial charge on any atom is -0.0654 e. The molecule has 265 valence electrons. The van der Waals surface area contributed by atoms with Crippen molar-refractivity contribution < 1.29 is 0 Å². The Kier molecular flexibility index (Phi) is 41.0. The summed E-state index contributed by atoms with van der Waals surface area (Å²) in [6.45, 7) is 8.68. The second-order valence-electron chi connectivity index (χ2n) is 15.1. The van der Waals surface area contributed by atoms with Crippen molar-refractivity contribution in [2.75, 3.05) is 0 Å². The van der Waals surface area contributed by atoms with Crippen LogP contribution < -0.4 is 0 Å². The summed E-state index contributed by atoms with van der Waals surface area (Å²) in [6.07, 6.45) is 58.6. The zero-order chi connectivity index (χ0) is 31.9. The molecule has 1 unspecified atom stereocenters. The Bertz CT molecular complexity index is 467. The summed E-state index contributed by atoms with van der Waals surface area (Å²) in [5.41, 5.74) is 0. The average Bonchev–Trinajstić information content (AvgIpc) is 3.03. The average molecular weight is 618 g/mol. The van der Waals surface area contributed by atoms with E-state index in [1.54, 1.807) is 0 Å². The van der Waals surface area contributed by atoms with E-state index in [9.17, 15) is 0 Å². The van der Waals surface area contributed by atoms with Crippen LogP contribution in [0, 0.1) is 12.8 Å². The second kappa shape index (κ2) is 41.0. The molecule has 44 heavy (non-hydrogen) atoms. The van der Waals surface area contributed by atoms with E-state index in [1.165, 1.54) is 250 Å². The molecule has 0 bridgehead atoms. The van der Waals surface area contributed by atoms with E-state index in [4.69, 9.17) is 0 Å². The summed E-state index contributed by atoms with van der Waals surface area (Å²) in [5.74, 6) is 1.02. The van der Waals surface area contributed by atoms with Gasteiger partial charge in [-0.05, 0) is 5.92 Å². The third-order valence-corrected chi connectivity index (χ3v) is 10.5. The fraction of sp³-hybridized carbons (Fsp3) is 0.977. The van der Waals surface area contributed by atoms with E-state index in [1.807, 2.05) is 0 Å². The molecule has 0 aromatic heterocycles. The quantitative estimate of drug-likeness (QED) is 0.0600. The first-order valence-electron chi connectivity index (χ1n) is 21.6. The zero-order valence-corrected chi connectivity index (χ0v) is 31.6. The Morgan fingerprint density at radius 1 is 0.250 bits per heavy atom. The van der Waals surface area contributed by atoms with Crippen LogP contribution >= 0.6 is 0 Å². The normalized spacial score (nSPS) is 12.3. The third-order valence-electron chi connectivity index (χ3n) is 10.5. The van der Waals surface area contributed by atoms with Gasteiger partial charge in [-0.3, -0.25) is 0 Å². The minimum absolute atomic E-state index is 1.02. The SMILES string of the molecule is [CH2]CCCCCC(CCCCCCCCCCCCCCCC)CCCCCCCCCCCCCCCCCCCCC. The van der Waals surface area contributed by atoms with Crippen LogP contribution in [0.25, 0.3) is 0 Å². The highest BCUT2D eigenvalue weighted by atomic mass is 14.1. The summed E-state index contributed by atoms with van der Waals surface area (Å²) < 4.78 is 0. The molecule has 0 spiro atoms. The molecule has 0 rings (SSSR count). The van der Waals surface area contributed by atoms with E-state index in [2.05, 4.69) is 20.8 Å². The van der Waals surface area contributed by atoms with Gasteiger partial charge in [0.1, 0.15) is 0 Å². The molecule has 0 aliphatic heterocycles. The van der Waals surface area contributed by atoms with Gasteiger partial charge in [0.15, 0.2) is 0 Å². The number of hydrogen-bond donors (Lipinski definition) is 0. The van der Waals surface area contributed by atoms with Gasteiger partial charge in [-0.15, -0.1) is 0 Å². The summed E-state index contributed by atoms with van der Waals surface area (Å²) in [5, 5.41) is 0. The van der Waals surface area contributed by atoms with Gasteiger partial charge in [-0.1, -0.05) is 278 Å². The lowest BCUT2D eigenvalue weighted by Crippen LogP contribution is -2.01. The molecule has 0 aliphatic rings. The number of unbranched alkanes of at least 4 members (excludes halogenated alkanes) is 34.